The molecule has 0 aliphatic rings. The van der Waals surface area contributed by atoms with Crippen LogP contribution in [0.3, 0.4) is 0 Å². The monoisotopic (exact) mass is 308 g/mol. The number of aliphatic carboxylic acids is 1. The fourth-order valence-electron chi connectivity index (χ4n) is 1.09. The Labute approximate surface area is 155 Å². The van der Waals surface area contributed by atoms with Gasteiger partial charge in [-0.3, -0.25) is 14.9 Å². The van der Waals surface area contributed by atoms with E-state index in [1.165, 1.54) is 24.3 Å². The summed E-state index contributed by atoms with van der Waals surface area (Å²) in [7, 11) is 0. The van der Waals surface area contributed by atoms with Crippen molar-refractivity contribution in [3.63, 3.8) is 0 Å². The zero-order valence-electron chi connectivity index (χ0n) is 10.1. The minimum Gasteiger partial charge on any atom is -0.549 e. The molecule has 1 aromatic carbocycles. The van der Waals surface area contributed by atoms with Gasteiger partial charge in [0.05, 0.1) is 16.6 Å². The van der Waals surface area contributed by atoms with Crippen molar-refractivity contribution in [1.82, 2.24) is 0 Å². The zero-order chi connectivity index (χ0) is 13.5. The summed E-state index contributed by atoms with van der Waals surface area (Å²) < 4.78 is 0. The fraction of sp³-hybridized carbons (Fsp3) is 0.200. The minimum absolute atomic E-state index is 0. The number of non-ortho nitro benzene ring substituents is 1. The molecule has 1 amide bonds. The van der Waals surface area contributed by atoms with Crippen LogP contribution in [0.25, 0.3) is 0 Å². The van der Waals surface area contributed by atoms with E-state index >= 15 is 0 Å². The van der Waals surface area contributed by atoms with Gasteiger partial charge in [-0.05, 0) is 12.1 Å². The number of nitrogens with one attached hydrogen (secondary N) is 1. The second kappa shape index (κ2) is 9.45. The third kappa shape index (κ3) is 7.65. The second-order valence-electron chi connectivity index (χ2n) is 3.22. The molecule has 0 aliphatic carbocycles. The number of nitro groups is 1. The van der Waals surface area contributed by atoms with Crippen molar-refractivity contribution in [3.05, 3.63) is 34.4 Å². The molecule has 0 atom stereocenters. The van der Waals surface area contributed by atoms with Gasteiger partial charge in [-0.15, -0.1) is 11.8 Å². The number of carbonyl (C=O) groups excluding carboxylic acids is 2. The van der Waals surface area contributed by atoms with Gasteiger partial charge in [-0.1, -0.05) is 0 Å². The summed E-state index contributed by atoms with van der Waals surface area (Å²) in [5.41, 5.74) is 0.346. The second-order valence-corrected chi connectivity index (χ2v) is 4.20. The maximum absolute atomic E-state index is 11.3. The van der Waals surface area contributed by atoms with Gasteiger partial charge in [-0.2, -0.15) is 0 Å². The van der Waals surface area contributed by atoms with Crippen molar-refractivity contribution in [2.24, 2.45) is 0 Å². The van der Waals surface area contributed by atoms with Gasteiger partial charge >= 0.3 is 51.4 Å². The molecule has 0 aliphatic heterocycles. The standard InChI is InChI=1S/C10H10N2O5S.K/c13-9(5-18-6-10(14)15)11-7-1-3-8(4-2-7)12(16)17;/h1-4H,5-6H2,(H,11,13)(H,14,15);/q;+1/p-1. The molecule has 0 aromatic heterocycles. The van der Waals surface area contributed by atoms with Crippen LogP contribution in [0, 0.1) is 10.1 Å². The van der Waals surface area contributed by atoms with Crippen LogP contribution in [0.4, 0.5) is 11.4 Å². The first-order valence-electron chi connectivity index (χ1n) is 4.81. The number of hydrogen-bond acceptors (Lipinski definition) is 6. The van der Waals surface area contributed by atoms with Gasteiger partial charge in [0.15, 0.2) is 0 Å². The van der Waals surface area contributed by atoms with E-state index < -0.39 is 10.9 Å². The molecule has 0 spiro atoms. The third-order valence-corrected chi connectivity index (χ3v) is 2.72. The van der Waals surface area contributed by atoms with Gasteiger partial charge < -0.3 is 15.2 Å². The van der Waals surface area contributed by atoms with E-state index in [1.807, 2.05) is 0 Å². The number of rotatable bonds is 6. The third-order valence-electron chi connectivity index (χ3n) is 1.81. The van der Waals surface area contributed by atoms with Crippen molar-refractivity contribution in [3.8, 4) is 0 Å². The van der Waals surface area contributed by atoms with Crippen LogP contribution in [0.5, 0.6) is 0 Å². The van der Waals surface area contributed by atoms with Crippen LogP contribution in [0.1, 0.15) is 0 Å². The average molecular weight is 308 g/mol. The Balaban J connectivity index is 0.00000324. The number of carbonyl (C=O) groups is 2. The number of benzene rings is 1. The van der Waals surface area contributed by atoms with E-state index in [0.29, 0.717) is 5.69 Å². The van der Waals surface area contributed by atoms with Crippen LogP contribution < -0.4 is 61.8 Å². The Morgan fingerprint density at radius 3 is 2.26 bits per heavy atom. The van der Waals surface area contributed by atoms with Crippen LogP contribution in [-0.2, 0) is 9.59 Å². The van der Waals surface area contributed by atoms with Crippen molar-refractivity contribution in [1.29, 1.82) is 0 Å². The van der Waals surface area contributed by atoms with E-state index in [9.17, 15) is 24.8 Å². The Hall–Kier alpha value is -0.454. The number of thioether (sulfide) groups is 1. The molecule has 96 valence electrons. The summed E-state index contributed by atoms with van der Waals surface area (Å²) in [6, 6.07) is 5.34. The molecular formula is C10H9KN2O5S. The zero-order valence-corrected chi connectivity index (χ0v) is 14.1. The van der Waals surface area contributed by atoms with Gasteiger partial charge in [0.2, 0.25) is 5.91 Å². The van der Waals surface area contributed by atoms with E-state index in [4.69, 9.17) is 0 Å². The van der Waals surface area contributed by atoms with E-state index in [-0.39, 0.29) is 74.5 Å². The number of carboxylic acid groups (broad SMARTS) is 1. The molecule has 0 radical (unpaired) electrons. The molecule has 7 nitrogen and oxygen atoms in total. The number of nitrogens with zero attached hydrogens (tertiary/aromatic N) is 1. The molecule has 0 saturated carbocycles. The number of carboxylic acids is 1. The largest absolute Gasteiger partial charge is 1.00 e. The molecule has 0 fully saturated rings. The molecule has 9 heteroatoms. The topological polar surface area (TPSA) is 112 Å². The Kier molecular flexibility index (Phi) is 9.22. The number of nitro benzene ring substituents is 1. The van der Waals surface area contributed by atoms with Crippen LogP contribution in [-0.4, -0.2) is 28.3 Å². The van der Waals surface area contributed by atoms with E-state index in [0.717, 1.165) is 11.8 Å². The van der Waals surface area contributed by atoms with Crippen molar-refractivity contribution < 1.29 is 71.0 Å². The van der Waals surface area contributed by atoms with Gasteiger partial charge in [-0.25, -0.2) is 0 Å². The molecule has 0 saturated heterocycles. The van der Waals surface area contributed by atoms with Gasteiger partial charge in [0.25, 0.3) is 5.69 Å². The van der Waals surface area contributed by atoms with E-state index in [1.54, 1.807) is 0 Å². The maximum Gasteiger partial charge on any atom is 1.00 e. The number of amides is 1. The first-order valence-corrected chi connectivity index (χ1v) is 5.96. The van der Waals surface area contributed by atoms with Gasteiger partial charge in [0.1, 0.15) is 0 Å². The Morgan fingerprint density at radius 1 is 1.21 bits per heavy atom. The quantitative estimate of drug-likeness (QED) is 0.341. The summed E-state index contributed by atoms with van der Waals surface area (Å²) in [4.78, 5) is 31.3. The predicted octanol–water partition coefficient (Wildman–Crippen LogP) is -2.98. The van der Waals surface area contributed by atoms with Crippen LogP contribution >= 0.6 is 11.8 Å². The van der Waals surface area contributed by atoms with Crippen molar-refractivity contribution in [2.45, 2.75) is 0 Å². The first-order chi connectivity index (χ1) is 8.49. The Morgan fingerprint density at radius 2 is 1.79 bits per heavy atom. The smallest absolute Gasteiger partial charge is 0.549 e. The molecule has 1 N–H and O–H groups in total. The summed E-state index contributed by atoms with van der Waals surface area (Å²) in [6.45, 7) is 0. The first kappa shape index (κ1) is 18.5. The predicted molar refractivity (Wildman–Crippen MR) is 64.1 cm³/mol. The molecule has 1 rings (SSSR count). The number of anilines is 1. The molecular weight excluding hydrogens is 299 g/mol. The van der Waals surface area contributed by atoms with Crippen LogP contribution in [0.2, 0.25) is 0 Å². The van der Waals surface area contributed by atoms with E-state index in [2.05, 4.69) is 5.32 Å². The summed E-state index contributed by atoms with van der Waals surface area (Å²) in [6.07, 6.45) is 0. The average Bonchev–Trinajstić information content (AvgIpc) is 2.29. The fourth-order valence-corrected chi connectivity index (χ4v) is 1.62. The molecule has 0 unspecified atom stereocenters. The summed E-state index contributed by atoms with van der Waals surface area (Å²) in [5, 5.41) is 23.0. The molecule has 19 heavy (non-hydrogen) atoms. The molecule has 0 bridgehead atoms. The van der Waals surface area contributed by atoms with Gasteiger partial charge in [0, 0.05) is 23.6 Å². The normalized spacial score (nSPS) is 9.26. The molecule has 0 heterocycles. The minimum atomic E-state index is -1.23. The molecule has 1 aromatic rings. The summed E-state index contributed by atoms with van der Waals surface area (Å²) in [5.74, 6) is -1.89. The number of hydrogen-bond donors (Lipinski definition) is 1. The summed E-state index contributed by atoms with van der Waals surface area (Å²) >= 11 is 0.914. The Bertz CT molecular complexity index is 465. The van der Waals surface area contributed by atoms with Crippen molar-refractivity contribution in [2.75, 3.05) is 16.8 Å². The maximum atomic E-state index is 11.3. The SMILES string of the molecule is O=C([O-])CSCC(=O)Nc1ccc([N+](=O)[O-])cc1.[K+]. The van der Waals surface area contributed by atoms with Crippen molar-refractivity contribution >= 4 is 35.0 Å². The van der Waals surface area contributed by atoms with Crippen LogP contribution in [0.15, 0.2) is 24.3 Å².